The molecule has 0 saturated heterocycles. The number of aryl methyl sites for hydroxylation is 1. The maximum Gasteiger partial charge on any atom is 0.0546 e. The van der Waals surface area contributed by atoms with Crippen LogP contribution in [0.1, 0.15) is 59.2 Å². The highest BCUT2D eigenvalue weighted by Gasteiger charge is 2.23. The Bertz CT molecular complexity index is 396. The average molecular weight is 262 g/mol. The van der Waals surface area contributed by atoms with Crippen LogP contribution in [0.2, 0.25) is 0 Å². The van der Waals surface area contributed by atoms with E-state index in [0.717, 1.165) is 13.1 Å². The zero-order valence-electron chi connectivity index (χ0n) is 13.7. The van der Waals surface area contributed by atoms with Gasteiger partial charge in [0.25, 0.3) is 0 Å². The van der Waals surface area contributed by atoms with E-state index in [0.29, 0.717) is 5.41 Å². The van der Waals surface area contributed by atoms with Crippen LogP contribution in [0.4, 0.5) is 0 Å². The molecule has 0 aliphatic carbocycles. The van der Waals surface area contributed by atoms with Crippen LogP contribution in [0.5, 0.6) is 0 Å². The van der Waals surface area contributed by atoms with Crippen LogP contribution in [0.15, 0.2) is 18.3 Å². The van der Waals surface area contributed by atoms with Gasteiger partial charge in [-0.1, -0.05) is 20.8 Å². The summed E-state index contributed by atoms with van der Waals surface area (Å²) in [5.41, 5.74) is 3.01. The smallest absolute Gasteiger partial charge is 0.0546 e. The van der Waals surface area contributed by atoms with Crippen LogP contribution in [-0.2, 0) is 6.54 Å². The van der Waals surface area contributed by atoms with Gasteiger partial charge in [-0.05, 0) is 63.8 Å². The van der Waals surface area contributed by atoms with Gasteiger partial charge < -0.3 is 0 Å². The van der Waals surface area contributed by atoms with Crippen molar-refractivity contribution >= 4 is 0 Å². The Balaban J connectivity index is 2.76. The van der Waals surface area contributed by atoms with E-state index in [1.165, 1.54) is 17.7 Å². The summed E-state index contributed by atoms with van der Waals surface area (Å²) in [7, 11) is 0. The molecule has 0 atom stereocenters. The average Bonchev–Trinajstić information content (AvgIpc) is 2.21. The summed E-state index contributed by atoms with van der Waals surface area (Å²) >= 11 is 0. The predicted octanol–water partition coefficient (Wildman–Crippen LogP) is 4.43. The molecule has 1 heterocycles. The van der Waals surface area contributed by atoms with Crippen LogP contribution in [-0.4, -0.2) is 22.0 Å². The second kappa shape index (κ2) is 6.04. The van der Waals surface area contributed by atoms with Crippen molar-refractivity contribution in [1.82, 2.24) is 9.88 Å². The van der Waals surface area contributed by atoms with Crippen LogP contribution < -0.4 is 0 Å². The predicted molar refractivity (Wildman–Crippen MR) is 83.2 cm³/mol. The van der Waals surface area contributed by atoms with Gasteiger partial charge in [-0.25, -0.2) is 0 Å². The zero-order valence-corrected chi connectivity index (χ0v) is 13.7. The van der Waals surface area contributed by atoms with Gasteiger partial charge in [-0.15, -0.1) is 0 Å². The van der Waals surface area contributed by atoms with Crippen LogP contribution in [0, 0.1) is 12.3 Å². The van der Waals surface area contributed by atoms with Crippen molar-refractivity contribution in [2.75, 3.05) is 6.54 Å². The van der Waals surface area contributed by atoms with Crippen molar-refractivity contribution in [2.45, 2.75) is 67.0 Å². The molecule has 0 bridgehead atoms. The van der Waals surface area contributed by atoms with E-state index in [2.05, 4.69) is 70.5 Å². The molecule has 0 aliphatic rings. The second-order valence-electron chi connectivity index (χ2n) is 7.73. The van der Waals surface area contributed by atoms with Crippen molar-refractivity contribution in [3.63, 3.8) is 0 Å². The Morgan fingerprint density at radius 1 is 1.11 bits per heavy atom. The first-order valence-electron chi connectivity index (χ1n) is 7.24. The van der Waals surface area contributed by atoms with Gasteiger partial charge in [0.1, 0.15) is 0 Å². The summed E-state index contributed by atoms with van der Waals surface area (Å²) in [5.74, 6) is 0. The largest absolute Gasteiger partial charge is 0.293 e. The molecule has 0 N–H and O–H groups in total. The lowest BCUT2D eigenvalue weighted by Gasteiger charge is -2.37. The van der Waals surface area contributed by atoms with Crippen molar-refractivity contribution in [1.29, 1.82) is 0 Å². The van der Waals surface area contributed by atoms with Gasteiger partial charge in [-0.3, -0.25) is 9.88 Å². The second-order valence-corrected chi connectivity index (χ2v) is 7.73. The Labute approximate surface area is 119 Å². The highest BCUT2D eigenvalue weighted by molar-refractivity contribution is 5.14. The van der Waals surface area contributed by atoms with Crippen molar-refractivity contribution in [3.05, 3.63) is 29.6 Å². The number of hydrogen-bond acceptors (Lipinski definition) is 2. The highest BCUT2D eigenvalue weighted by Crippen LogP contribution is 2.23. The standard InChI is InChI=1S/C17H30N2/c1-14-8-10-18-15(12-14)13-19(17(5,6)7)11-9-16(2,3)4/h8,10,12H,9,11,13H2,1-7H3. The van der Waals surface area contributed by atoms with E-state index in [9.17, 15) is 0 Å². The molecule has 0 amide bonds. The first-order chi connectivity index (χ1) is 8.58. The maximum absolute atomic E-state index is 4.50. The molecule has 1 aromatic heterocycles. The normalized spacial score (nSPS) is 13.1. The van der Waals surface area contributed by atoms with Gasteiger partial charge in [0.05, 0.1) is 5.69 Å². The molecule has 1 aromatic rings. The molecular formula is C17H30N2. The van der Waals surface area contributed by atoms with E-state index in [-0.39, 0.29) is 5.54 Å². The summed E-state index contributed by atoms with van der Waals surface area (Å²) in [5, 5.41) is 0. The molecule has 2 heteroatoms. The summed E-state index contributed by atoms with van der Waals surface area (Å²) in [6.45, 7) is 17.9. The molecule has 2 nitrogen and oxygen atoms in total. The lowest BCUT2D eigenvalue weighted by atomic mass is 9.91. The lowest BCUT2D eigenvalue weighted by molar-refractivity contribution is 0.109. The topological polar surface area (TPSA) is 16.1 Å². The first-order valence-corrected chi connectivity index (χ1v) is 7.24. The molecule has 0 aliphatic heterocycles. The summed E-state index contributed by atoms with van der Waals surface area (Å²) in [6, 6.07) is 4.25. The number of rotatable bonds is 4. The van der Waals surface area contributed by atoms with E-state index < -0.39 is 0 Å². The molecule has 0 saturated carbocycles. The third-order valence-electron chi connectivity index (χ3n) is 3.41. The van der Waals surface area contributed by atoms with Crippen molar-refractivity contribution in [2.24, 2.45) is 5.41 Å². The van der Waals surface area contributed by atoms with Gasteiger partial charge in [0, 0.05) is 18.3 Å². The molecule has 0 unspecified atom stereocenters. The molecule has 0 aromatic carbocycles. The van der Waals surface area contributed by atoms with Gasteiger partial charge in [0.2, 0.25) is 0 Å². The van der Waals surface area contributed by atoms with Crippen LogP contribution >= 0.6 is 0 Å². The fourth-order valence-electron chi connectivity index (χ4n) is 2.00. The van der Waals surface area contributed by atoms with Crippen LogP contribution in [0.25, 0.3) is 0 Å². The zero-order chi connectivity index (χ0) is 14.7. The van der Waals surface area contributed by atoms with Gasteiger partial charge in [-0.2, -0.15) is 0 Å². The quantitative estimate of drug-likeness (QED) is 0.798. The van der Waals surface area contributed by atoms with Crippen molar-refractivity contribution in [3.8, 4) is 0 Å². The fourth-order valence-corrected chi connectivity index (χ4v) is 2.00. The Morgan fingerprint density at radius 2 is 1.74 bits per heavy atom. The minimum atomic E-state index is 0.177. The maximum atomic E-state index is 4.50. The minimum Gasteiger partial charge on any atom is -0.293 e. The van der Waals surface area contributed by atoms with Gasteiger partial charge >= 0.3 is 0 Å². The number of pyridine rings is 1. The summed E-state index contributed by atoms with van der Waals surface area (Å²) in [6.07, 6.45) is 3.12. The van der Waals surface area contributed by atoms with E-state index in [1.807, 2.05) is 6.20 Å². The Hall–Kier alpha value is -0.890. The molecule has 0 spiro atoms. The van der Waals surface area contributed by atoms with E-state index >= 15 is 0 Å². The fraction of sp³-hybridized carbons (Fsp3) is 0.706. The van der Waals surface area contributed by atoms with Gasteiger partial charge in [0.15, 0.2) is 0 Å². The molecule has 0 radical (unpaired) electrons. The number of hydrogen-bond donors (Lipinski definition) is 0. The summed E-state index contributed by atoms with van der Waals surface area (Å²) < 4.78 is 0. The third-order valence-corrected chi connectivity index (χ3v) is 3.41. The first kappa shape index (κ1) is 16.2. The molecule has 19 heavy (non-hydrogen) atoms. The SMILES string of the molecule is Cc1ccnc(CN(CCC(C)(C)C)C(C)(C)C)c1. The van der Waals surface area contributed by atoms with E-state index in [1.54, 1.807) is 0 Å². The molecule has 0 fully saturated rings. The summed E-state index contributed by atoms with van der Waals surface area (Å²) in [4.78, 5) is 7.02. The molecule has 1 rings (SSSR count). The van der Waals surface area contributed by atoms with E-state index in [4.69, 9.17) is 0 Å². The molecule has 108 valence electrons. The highest BCUT2D eigenvalue weighted by atomic mass is 15.2. The minimum absolute atomic E-state index is 0.177. The van der Waals surface area contributed by atoms with Crippen molar-refractivity contribution < 1.29 is 0 Å². The molecular weight excluding hydrogens is 232 g/mol. The lowest BCUT2D eigenvalue weighted by Crippen LogP contribution is -2.42. The monoisotopic (exact) mass is 262 g/mol. The Morgan fingerprint density at radius 3 is 2.21 bits per heavy atom. The third kappa shape index (κ3) is 6.20. The number of nitrogens with zero attached hydrogens (tertiary/aromatic N) is 2. The van der Waals surface area contributed by atoms with Crippen LogP contribution in [0.3, 0.4) is 0 Å². The Kier molecular flexibility index (Phi) is 5.14. The number of aromatic nitrogens is 1.